The normalized spacial score (nSPS) is 10.0. The number of halogens is 1. The minimum absolute atomic E-state index is 0.0420. The molecule has 0 unspecified atom stereocenters. The van der Waals surface area contributed by atoms with Gasteiger partial charge in [0.2, 0.25) is 0 Å². The van der Waals surface area contributed by atoms with Crippen molar-refractivity contribution in [3.8, 4) is 0 Å². The maximum atomic E-state index is 12.2. The fourth-order valence-corrected chi connectivity index (χ4v) is 2.46. The van der Waals surface area contributed by atoms with E-state index < -0.39 is 11.8 Å². The predicted octanol–water partition coefficient (Wildman–Crippen LogP) is 2.87. The van der Waals surface area contributed by atoms with Crippen molar-refractivity contribution in [1.29, 1.82) is 0 Å². The number of para-hydroxylation sites is 1. The van der Waals surface area contributed by atoms with Gasteiger partial charge in [0.15, 0.2) is 5.11 Å². The zero-order valence-electron chi connectivity index (χ0n) is 12.2. The van der Waals surface area contributed by atoms with Gasteiger partial charge in [0.05, 0.1) is 21.8 Å². The Bertz CT molecular complexity index is 793. The van der Waals surface area contributed by atoms with E-state index in [0.29, 0.717) is 16.3 Å². The fraction of sp³-hybridized carbons (Fsp3) is 0.0625. The molecule has 5 nitrogen and oxygen atoms in total. The number of amides is 2. The zero-order chi connectivity index (χ0) is 17.0. The molecule has 2 rings (SSSR count). The molecule has 0 aliphatic rings. The fourth-order valence-electron chi connectivity index (χ4n) is 1.94. The summed E-state index contributed by atoms with van der Waals surface area (Å²) in [6.07, 6.45) is 0. The van der Waals surface area contributed by atoms with Crippen molar-refractivity contribution in [2.75, 3.05) is 5.32 Å². The highest BCUT2D eigenvalue weighted by molar-refractivity contribution is 7.80. The summed E-state index contributed by atoms with van der Waals surface area (Å²) in [7, 11) is 0. The number of thiocarbonyl (C=S) groups is 1. The van der Waals surface area contributed by atoms with Crippen LogP contribution in [0.3, 0.4) is 0 Å². The maximum absolute atomic E-state index is 12.2. The van der Waals surface area contributed by atoms with Crippen LogP contribution in [0, 0.1) is 6.92 Å². The summed E-state index contributed by atoms with van der Waals surface area (Å²) >= 11 is 11.1. The number of hydrogen-bond donors (Lipinski definition) is 3. The maximum Gasteiger partial charge on any atom is 0.258 e. The zero-order valence-corrected chi connectivity index (χ0v) is 13.8. The summed E-state index contributed by atoms with van der Waals surface area (Å²) < 4.78 is 0. The number of benzene rings is 2. The van der Waals surface area contributed by atoms with Gasteiger partial charge in [0, 0.05) is 0 Å². The molecule has 23 heavy (non-hydrogen) atoms. The van der Waals surface area contributed by atoms with Crippen molar-refractivity contribution in [1.82, 2.24) is 5.32 Å². The van der Waals surface area contributed by atoms with Crippen LogP contribution in [0.2, 0.25) is 5.02 Å². The van der Waals surface area contributed by atoms with Crippen LogP contribution in [0.4, 0.5) is 5.69 Å². The second kappa shape index (κ2) is 7.21. The van der Waals surface area contributed by atoms with E-state index in [1.807, 2.05) is 6.92 Å². The summed E-state index contributed by atoms with van der Waals surface area (Å²) in [5, 5.41) is 5.67. The Morgan fingerprint density at radius 3 is 2.48 bits per heavy atom. The van der Waals surface area contributed by atoms with E-state index in [-0.39, 0.29) is 10.7 Å². The van der Waals surface area contributed by atoms with Crippen LogP contribution < -0.4 is 16.4 Å². The molecular formula is C16H14ClN3O2S. The Labute approximate surface area is 143 Å². The lowest BCUT2D eigenvalue weighted by Gasteiger charge is -2.12. The highest BCUT2D eigenvalue weighted by Crippen LogP contribution is 2.18. The molecular weight excluding hydrogens is 334 g/mol. The molecule has 0 aliphatic carbocycles. The summed E-state index contributed by atoms with van der Waals surface area (Å²) in [6.45, 7) is 1.88. The summed E-state index contributed by atoms with van der Waals surface area (Å²) in [4.78, 5) is 23.5. The molecule has 0 fully saturated rings. The van der Waals surface area contributed by atoms with E-state index in [1.165, 1.54) is 0 Å². The van der Waals surface area contributed by atoms with Gasteiger partial charge < -0.3 is 11.1 Å². The molecule has 7 heteroatoms. The van der Waals surface area contributed by atoms with E-state index in [2.05, 4.69) is 10.6 Å². The first-order valence-corrected chi connectivity index (χ1v) is 7.44. The van der Waals surface area contributed by atoms with Crippen LogP contribution >= 0.6 is 23.8 Å². The summed E-state index contributed by atoms with van der Waals surface area (Å²) in [5.41, 5.74) is 7.24. The molecule has 0 spiro atoms. The van der Waals surface area contributed by atoms with Crippen LogP contribution in [0.1, 0.15) is 26.3 Å². The molecule has 0 bridgehead atoms. The number of rotatable bonds is 3. The smallest absolute Gasteiger partial charge is 0.258 e. The first-order valence-electron chi connectivity index (χ1n) is 6.66. The van der Waals surface area contributed by atoms with Crippen molar-refractivity contribution < 1.29 is 9.59 Å². The number of carbonyl (C=O) groups is 2. The number of nitrogens with one attached hydrogen (secondary N) is 2. The minimum atomic E-state index is -0.594. The lowest BCUT2D eigenvalue weighted by molar-refractivity contribution is 0.0975. The lowest BCUT2D eigenvalue weighted by Crippen LogP contribution is -2.34. The van der Waals surface area contributed by atoms with Gasteiger partial charge in [-0.05, 0) is 49.0 Å². The Balaban J connectivity index is 2.11. The van der Waals surface area contributed by atoms with Crippen molar-refractivity contribution in [2.24, 2.45) is 5.73 Å². The van der Waals surface area contributed by atoms with Crippen molar-refractivity contribution in [3.63, 3.8) is 0 Å². The average molecular weight is 348 g/mol. The standard InChI is InChI=1S/C16H14ClN3O2S/c1-9-6-7-10(12(17)8-9)15(22)20-16(23)19-13-5-3-2-4-11(13)14(18)21/h2-8H,1H3,(H2,18,21)(H2,19,20,22,23). The van der Waals surface area contributed by atoms with Gasteiger partial charge >= 0.3 is 0 Å². The van der Waals surface area contributed by atoms with E-state index in [0.717, 1.165) is 5.56 Å². The van der Waals surface area contributed by atoms with E-state index >= 15 is 0 Å². The van der Waals surface area contributed by atoms with Gasteiger partial charge in [0.25, 0.3) is 11.8 Å². The first-order chi connectivity index (χ1) is 10.9. The number of aryl methyl sites for hydroxylation is 1. The molecule has 0 radical (unpaired) electrons. The van der Waals surface area contributed by atoms with E-state index in [1.54, 1.807) is 42.5 Å². The van der Waals surface area contributed by atoms with E-state index in [4.69, 9.17) is 29.6 Å². The van der Waals surface area contributed by atoms with Crippen molar-refractivity contribution in [2.45, 2.75) is 6.92 Å². The molecule has 4 N–H and O–H groups in total. The number of hydrogen-bond acceptors (Lipinski definition) is 3. The van der Waals surface area contributed by atoms with Gasteiger partial charge in [-0.3, -0.25) is 14.9 Å². The second-order valence-corrected chi connectivity index (χ2v) is 5.62. The number of nitrogens with two attached hydrogens (primary N) is 1. The lowest BCUT2D eigenvalue weighted by atomic mass is 10.1. The molecule has 0 aliphatic heterocycles. The van der Waals surface area contributed by atoms with Crippen molar-refractivity contribution in [3.05, 3.63) is 64.2 Å². The molecule has 0 saturated carbocycles. The molecule has 0 heterocycles. The molecule has 0 saturated heterocycles. The monoisotopic (exact) mass is 347 g/mol. The molecule has 2 aromatic carbocycles. The number of primary amides is 1. The van der Waals surface area contributed by atoms with Crippen LogP contribution in [0.15, 0.2) is 42.5 Å². The third kappa shape index (κ3) is 4.28. The Morgan fingerprint density at radius 2 is 1.83 bits per heavy atom. The Morgan fingerprint density at radius 1 is 1.13 bits per heavy atom. The summed E-state index contributed by atoms with van der Waals surface area (Å²) in [5.74, 6) is -1.03. The molecule has 0 atom stereocenters. The van der Waals surface area contributed by atoms with Gasteiger partial charge in [0.1, 0.15) is 0 Å². The average Bonchev–Trinajstić information content (AvgIpc) is 2.47. The number of anilines is 1. The van der Waals surface area contributed by atoms with Crippen LogP contribution in [-0.4, -0.2) is 16.9 Å². The van der Waals surface area contributed by atoms with Crippen LogP contribution in [0.25, 0.3) is 0 Å². The highest BCUT2D eigenvalue weighted by Gasteiger charge is 2.13. The predicted molar refractivity (Wildman–Crippen MR) is 94.8 cm³/mol. The van der Waals surface area contributed by atoms with Crippen LogP contribution in [0.5, 0.6) is 0 Å². The Kier molecular flexibility index (Phi) is 5.31. The van der Waals surface area contributed by atoms with Crippen LogP contribution in [-0.2, 0) is 0 Å². The van der Waals surface area contributed by atoms with Gasteiger partial charge in [-0.15, -0.1) is 0 Å². The highest BCUT2D eigenvalue weighted by atomic mass is 35.5. The third-order valence-electron chi connectivity index (χ3n) is 3.04. The second-order valence-electron chi connectivity index (χ2n) is 4.80. The molecule has 2 aromatic rings. The third-order valence-corrected chi connectivity index (χ3v) is 3.55. The molecule has 2 amide bonds. The Hall–Kier alpha value is -2.44. The quantitative estimate of drug-likeness (QED) is 0.745. The van der Waals surface area contributed by atoms with Gasteiger partial charge in [-0.2, -0.15) is 0 Å². The topological polar surface area (TPSA) is 84.2 Å². The SMILES string of the molecule is Cc1ccc(C(=O)NC(=S)Nc2ccccc2C(N)=O)c(Cl)c1. The first kappa shape index (κ1) is 16.9. The largest absolute Gasteiger partial charge is 0.366 e. The minimum Gasteiger partial charge on any atom is -0.366 e. The molecule has 118 valence electrons. The van der Waals surface area contributed by atoms with Gasteiger partial charge in [-0.1, -0.05) is 29.8 Å². The van der Waals surface area contributed by atoms with Crippen molar-refractivity contribution >= 4 is 46.4 Å². The number of carbonyl (C=O) groups excluding carboxylic acids is 2. The van der Waals surface area contributed by atoms with E-state index in [9.17, 15) is 9.59 Å². The summed E-state index contributed by atoms with van der Waals surface area (Å²) in [6, 6.07) is 11.7. The van der Waals surface area contributed by atoms with Gasteiger partial charge in [-0.25, -0.2) is 0 Å². The molecule has 0 aromatic heterocycles.